The van der Waals surface area contributed by atoms with Crippen molar-refractivity contribution in [3.05, 3.63) is 69.2 Å². The molecule has 55 heavy (non-hydrogen) atoms. The van der Waals surface area contributed by atoms with Crippen LogP contribution < -0.4 is 5.32 Å². The molecule has 0 amide bonds. The van der Waals surface area contributed by atoms with Crippen LogP contribution in [0.2, 0.25) is 0 Å². The highest BCUT2D eigenvalue weighted by atomic mass is 16.7. The molecule has 11 atom stereocenters. The fraction of sp³-hybridized carbons (Fsp3) is 0.632. The van der Waals surface area contributed by atoms with Crippen LogP contribution in [0.3, 0.4) is 0 Å². The van der Waals surface area contributed by atoms with Crippen molar-refractivity contribution in [3.8, 4) is 0 Å². The predicted molar refractivity (Wildman–Crippen MR) is 191 cm³/mol. The second-order valence-corrected chi connectivity index (χ2v) is 16.0. The summed E-state index contributed by atoms with van der Waals surface area (Å²) >= 11 is 0. The first-order chi connectivity index (χ1) is 25.7. The molecule has 6 rings (SSSR count). The Morgan fingerprint density at radius 1 is 1.16 bits per heavy atom. The van der Waals surface area contributed by atoms with Gasteiger partial charge in [0.15, 0.2) is 17.7 Å². The summed E-state index contributed by atoms with van der Waals surface area (Å²) in [4.78, 5) is 56.4. The Balaban J connectivity index is 1.32. The lowest BCUT2D eigenvalue weighted by Gasteiger charge is -2.67. The predicted octanol–water partition coefficient (Wildman–Crippen LogP) is 2.07. The molecule has 2 heterocycles. The van der Waals surface area contributed by atoms with E-state index in [2.05, 4.69) is 10.3 Å². The van der Waals surface area contributed by atoms with Crippen molar-refractivity contribution in [3.63, 3.8) is 0 Å². The summed E-state index contributed by atoms with van der Waals surface area (Å²) in [6.45, 7) is 9.03. The molecule has 17 heteroatoms. The number of hydrogen-bond acceptors (Lipinski definition) is 15. The van der Waals surface area contributed by atoms with Gasteiger partial charge in [-0.25, -0.2) is 19.1 Å². The van der Waals surface area contributed by atoms with E-state index in [9.17, 15) is 44.9 Å². The number of aliphatic hydroxyl groups is 4. The van der Waals surface area contributed by atoms with Crippen molar-refractivity contribution in [2.24, 2.45) is 22.7 Å². The van der Waals surface area contributed by atoms with Gasteiger partial charge in [-0.05, 0) is 48.4 Å². The van der Waals surface area contributed by atoms with Crippen LogP contribution >= 0.6 is 0 Å². The van der Waals surface area contributed by atoms with Gasteiger partial charge in [-0.2, -0.15) is 0 Å². The number of fused-ring (bicyclic) bond motifs is 5. The second-order valence-electron chi connectivity index (χ2n) is 16.0. The monoisotopic (exact) mass is 770 g/mol. The molecule has 3 fully saturated rings. The number of hydrogen-bond donors (Lipinski definition) is 5. The van der Waals surface area contributed by atoms with Crippen LogP contribution in [0.25, 0.3) is 0 Å². The summed E-state index contributed by atoms with van der Waals surface area (Å²) < 4.78 is 24.1. The zero-order valence-corrected chi connectivity index (χ0v) is 31.9. The van der Waals surface area contributed by atoms with Crippen molar-refractivity contribution in [1.82, 2.24) is 14.9 Å². The fourth-order valence-corrected chi connectivity index (χ4v) is 10.0. The van der Waals surface area contributed by atoms with Crippen LogP contribution in [0.4, 0.5) is 10.6 Å². The molecule has 2 aromatic rings. The van der Waals surface area contributed by atoms with Gasteiger partial charge in [0.25, 0.3) is 0 Å². The number of aryl methyl sites for hydroxylation is 1. The number of Topliss-reactive ketones (excluding diaryl/α,β-unsaturated/α-hetero) is 1. The Kier molecular flexibility index (Phi) is 10.5. The number of nitrogens with zero attached hydrogens (tertiary/aromatic N) is 3. The molecular weight excluding hydrogens is 720 g/mol. The Bertz CT molecular complexity index is 1880. The maximum atomic E-state index is 14.9. The maximum absolute atomic E-state index is 14.9. The Labute approximate surface area is 317 Å². The van der Waals surface area contributed by atoms with E-state index >= 15 is 0 Å². The smallest absolute Gasteiger partial charge is 0.456 e. The molecule has 4 aliphatic rings. The van der Waals surface area contributed by atoms with Gasteiger partial charge in [-0.1, -0.05) is 51.1 Å². The van der Waals surface area contributed by atoms with Gasteiger partial charge in [-0.3, -0.25) is 4.79 Å². The van der Waals surface area contributed by atoms with Gasteiger partial charge < -0.3 is 54.8 Å². The number of ketones is 1. The third-order valence-electron chi connectivity index (χ3n) is 13.1. The molecule has 2 bridgehead atoms. The highest BCUT2D eigenvalue weighted by molar-refractivity contribution is 5.93. The summed E-state index contributed by atoms with van der Waals surface area (Å²) in [6, 6.07) is 7.99. The molecule has 17 nitrogen and oxygen atoms in total. The standard InChI is InChI=1S/C38H50N4O13/c1-19-23(54-33(46)30(44)28(39-7)22-11-9-8-10-12-22)16-38(49)20(2)31-36(6,32(45)29(43)27(19)35(38,4)5)24(15-25-37(31,48)18-53-25)55-34(47)52-14-13-41-21(3)40-17-26(41)42(50)51/h8-12,17,20,23-25,28-31,39,43-44,48-49H,13-16,18H2,1-7H3/t20?,23?,24?,25?,28?,29?,30?,31?,36-,37?,38?/m1/s1. The summed E-state index contributed by atoms with van der Waals surface area (Å²) in [5.74, 6) is -3.88. The lowest BCUT2D eigenvalue weighted by Crippen LogP contribution is -2.79. The fourth-order valence-electron chi connectivity index (χ4n) is 10.0. The number of imidazole rings is 1. The van der Waals surface area contributed by atoms with Gasteiger partial charge in [0.1, 0.15) is 43.3 Å². The zero-order valence-electron chi connectivity index (χ0n) is 31.9. The van der Waals surface area contributed by atoms with Crippen LogP contribution in [0.5, 0.6) is 0 Å². The lowest BCUT2D eigenvalue weighted by molar-refractivity contribution is -0.392. The number of carbonyl (C=O) groups is 3. The first-order valence-corrected chi connectivity index (χ1v) is 18.4. The molecule has 1 aliphatic heterocycles. The normalized spacial score (nSPS) is 34.9. The van der Waals surface area contributed by atoms with E-state index in [1.807, 2.05) is 0 Å². The molecule has 5 N–H and O–H groups in total. The molecule has 1 saturated heterocycles. The van der Waals surface area contributed by atoms with Crippen molar-refractivity contribution >= 4 is 23.7 Å². The topological polar surface area (TPSA) is 242 Å². The number of aromatic nitrogens is 2. The number of rotatable bonds is 10. The largest absolute Gasteiger partial charge is 0.508 e. The van der Waals surface area contributed by atoms with Crippen LogP contribution in [0.1, 0.15) is 64.9 Å². The highest BCUT2D eigenvalue weighted by Gasteiger charge is 2.75. The Morgan fingerprint density at radius 2 is 1.84 bits per heavy atom. The van der Waals surface area contributed by atoms with Gasteiger partial charge in [-0.15, -0.1) is 0 Å². The van der Waals surface area contributed by atoms with Gasteiger partial charge in [0.2, 0.25) is 0 Å². The summed E-state index contributed by atoms with van der Waals surface area (Å²) in [5, 5.41) is 62.8. The lowest BCUT2D eigenvalue weighted by atomic mass is 9.43. The molecule has 1 aromatic carbocycles. The first kappa shape index (κ1) is 40.4. The zero-order chi connectivity index (χ0) is 40.4. The molecule has 3 aliphatic carbocycles. The van der Waals surface area contributed by atoms with Crippen LogP contribution in [0, 0.1) is 39.7 Å². The number of nitrogens with one attached hydrogen (secondary N) is 1. The average Bonchev–Trinajstić information content (AvgIpc) is 3.50. The number of aliphatic hydroxyl groups excluding tert-OH is 2. The minimum atomic E-state index is -1.91. The summed E-state index contributed by atoms with van der Waals surface area (Å²) in [7, 11) is 1.59. The Morgan fingerprint density at radius 3 is 2.44 bits per heavy atom. The number of likely N-dealkylation sites (N-methyl/N-ethyl adjacent to an activating group) is 1. The summed E-state index contributed by atoms with van der Waals surface area (Å²) in [5.41, 5.74) is -5.62. The Hall–Kier alpha value is -4.26. The first-order valence-electron chi connectivity index (χ1n) is 18.4. The molecular formula is C38H50N4O13. The molecule has 10 unspecified atom stereocenters. The van der Waals surface area contributed by atoms with Crippen LogP contribution in [0.15, 0.2) is 47.7 Å². The third-order valence-corrected chi connectivity index (χ3v) is 13.1. The van der Waals surface area contributed by atoms with Crippen LogP contribution in [-0.2, 0) is 35.1 Å². The maximum Gasteiger partial charge on any atom is 0.508 e. The van der Waals surface area contributed by atoms with Crippen molar-refractivity contribution in [2.75, 3.05) is 20.3 Å². The number of nitro groups is 1. The number of benzene rings is 1. The molecule has 0 spiro atoms. The van der Waals surface area contributed by atoms with Gasteiger partial charge in [0, 0.05) is 31.1 Å². The van der Waals surface area contributed by atoms with E-state index in [1.54, 1.807) is 72.0 Å². The van der Waals surface area contributed by atoms with Crippen molar-refractivity contribution in [2.45, 2.75) is 109 Å². The van der Waals surface area contributed by atoms with Crippen LogP contribution in [-0.4, -0.2) is 115 Å². The number of carbonyl (C=O) groups excluding carboxylic acids is 3. The highest BCUT2D eigenvalue weighted by Crippen LogP contribution is 2.64. The van der Waals surface area contributed by atoms with Crippen molar-refractivity contribution < 1.29 is 58.7 Å². The molecule has 300 valence electrons. The minimum Gasteiger partial charge on any atom is -0.456 e. The van der Waals surface area contributed by atoms with Crippen molar-refractivity contribution in [1.29, 1.82) is 0 Å². The SMILES string of the molecule is CNC(c1ccccc1)C(O)C(=O)OC1CC2(O)C(C)C3C4(O)COC4CC(OC(=O)OCCn4c([N+](=O)[O-])cnc4C)[C@@]3(C)C(=O)C(O)C(=C1C)C2(C)C. The van der Waals surface area contributed by atoms with Gasteiger partial charge >= 0.3 is 17.9 Å². The van der Waals surface area contributed by atoms with E-state index in [4.69, 9.17) is 18.9 Å². The average molecular weight is 771 g/mol. The van der Waals surface area contributed by atoms with E-state index in [1.165, 1.54) is 11.5 Å². The molecule has 0 radical (unpaired) electrons. The minimum absolute atomic E-state index is 0.107. The van der Waals surface area contributed by atoms with E-state index in [-0.39, 0.29) is 44.0 Å². The summed E-state index contributed by atoms with van der Waals surface area (Å²) in [6.07, 6.45) is -7.43. The molecule has 2 saturated carbocycles. The quantitative estimate of drug-likeness (QED) is 0.101. The third kappa shape index (κ3) is 6.24. The van der Waals surface area contributed by atoms with E-state index in [0.717, 1.165) is 6.20 Å². The van der Waals surface area contributed by atoms with E-state index in [0.29, 0.717) is 17.0 Å². The van der Waals surface area contributed by atoms with E-state index < -0.39 is 93.3 Å². The molecule has 1 aromatic heterocycles. The second kappa shape index (κ2) is 14.4. The number of esters is 1. The van der Waals surface area contributed by atoms with Gasteiger partial charge in [0.05, 0.1) is 29.8 Å². The number of ether oxygens (including phenoxy) is 4.